The molecule has 0 bridgehead atoms. The lowest BCUT2D eigenvalue weighted by molar-refractivity contribution is 0.0950. The highest BCUT2D eigenvalue weighted by Crippen LogP contribution is 2.23. The summed E-state index contributed by atoms with van der Waals surface area (Å²) in [6.07, 6.45) is 1.41. The molecule has 0 aliphatic carbocycles. The van der Waals surface area contributed by atoms with Gasteiger partial charge in [-0.3, -0.25) is 9.89 Å². The number of hydrogen-bond donors (Lipinski definition) is 3. The molecule has 7 nitrogen and oxygen atoms in total. The average Bonchev–Trinajstić information content (AvgIpc) is 3.08. The first-order valence-corrected chi connectivity index (χ1v) is 8.73. The minimum absolute atomic E-state index is 0.113. The molecule has 1 heterocycles. The van der Waals surface area contributed by atoms with Gasteiger partial charge in [0, 0.05) is 41.5 Å². The van der Waals surface area contributed by atoms with Gasteiger partial charge in [0.25, 0.3) is 5.91 Å². The monoisotopic (exact) mass is 357 g/mol. The van der Waals surface area contributed by atoms with Gasteiger partial charge in [0.1, 0.15) is 5.75 Å². The van der Waals surface area contributed by atoms with E-state index in [1.165, 1.54) is 6.21 Å². The average molecular weight is 357 g/mol. The van der Waals surface area contributed by atoms with E-state index in [0.29, 0.717) is 5.56 Å². The minimum atomic E-state index is -0.410. The Morgan fingerprint density at radius 2 is 2.00 bits per heavy atom. The van der Waals surface area contributed by atoms with Crippen LogP contribution in [-0.2, 0) is 5.41 Å². The van der Waals surface area contributed by atoms with Gasteiger partial charge in [0.2, 0.25) is 0 Å². The smallest absolute Gasteiger partial charge is 0.291 e. The second kappa shape index (κ2) is 8.03. The number of aromatic hydroxyl groups is 1. The third-order valence-corrected chi connectivity index (χ3v) is 4.13. The molecule has 0 saturated carbocycles. The molecule has 0 unspecified atom stereocenters. The molecule has 0 aliphatic heterocycles. The van der Waals surface area contributed by atoms with Crippen molar-refractivity contribution in [3.05, 3.63) is 41.2 Å². The number of H-pyrrole nitrogens is 1. The van der Waals surface area contributed by atoms with Crippen LogP contribution in [0.3, 0.4) is 0 Å². The summed E-state index contributed by atoms with van der Waals surface area (Å²) < 4.78 is 0. The van der Waals surface area contributed by atoms with Crippen LogP contribution in [-0.4, -0.2) is 40.5 Å². The first-order valence-electron chi connectivity index (χ1n) is 8.73. The number of phenols is 1. The highest BCUT2D eigenvalue weighted by atomic mass is 16.3. The molecule has 7 heteroatoms. The van der Waals surface area contributed by atoms with Crippen LogP contribution in [0.4, 0.5) is 5.69 Å². The van der Waals surface area contributed by atoms with E-state index in [4.69, 9.17) is 0 Å². The van der Waals surface area contributed by atoms with Gasteiger partial charge in [-0.15, -0.1) is 0 Å². The van der Waals surface area contributed by atoms with Crippen molar-refractivity contribution in [1.29, 1.82) is 0 Å². The fraction of sp³-hybridized carbons (Fsp3) is 0.421. The van der Waals surface area contributed by atoms with E-state index < -0.39 is 5.91 Å². The highest BCUT2D eigenvalue weighted by molar-refractivity contribution is 5.93. The number of hydrogen-bond acceptors (Lipinski definition) is 5. The van der Waals surface area contributed by atoms with Crippen molar-refractivity contribution < 1.29 is 9.90 Å². The summed E-state index contributed by atoms with van der Waals surface area (Å²) in [4.78, 5) is 14.2. The Morgan fingerprint density at radius 1 is 1.31 bits per heavy atom. The first-order chi connectivity index (χ1) is 12.3. The number of amides is 1. The predicted octanol–water partition coefficient (Wildman–Crippen LogP) is 3.02. The van der Waals surface area contributed by atoms with Crippen molar-refractivity contribution in [3.8, 4) is 5.75 Å². The lowest BCUT2D eigenvalue weighted by Gasteiger charge is -2.21. The zero-order valence-electron chi connectivity index (χ0n) is 16.0. The van der Waals surface area contributed by atoms with Gasteiger partial charge in [-0.1, -0.05) is 20.8 Å². The second-order valence-corrected chi connectivity index (χ2v) is 7.03. The third kappa shape index (κ3) is 4.62. The van der Waals surface area contributed by atoms with Crippen molar-refractivity contribution in [2.45, 2.75) is 40.0 Å². The topological polar surface area (TPSA) is 93.6 Å². The van der Waals surface area contributed by atoms with Gasteiger partial charge in [0.15, 0.2) is 5.69 Å². The highest BCUT2D eigenvalue weighted by Gasteiger charge is 2.19. The molecule has 3 N–H and O–H groups in total. The number of nitrogens with zero attached hydrogens (tertiary/aromatic N) is 3. The number of nitrogens with one attached hydrogen (secondary N) is 2. The maximum Gasteiger partial charge on any atom is 0.291 e. The number of phenolic OH excluding ortho intramolecular Hbond substituents is 1. The van der Waals surface area contributed by atoms with Crippen LogP contribution < -0.4 is 10.3 Å². The van der Waals surface area contributed by atoms with E-state index in [2.05, 4.69) is 39.5 Å². The van der Waals surface area contributed by atoms with E-state index in [9.17, 15) is 9.90 Å². The lowest BCUT2D eigenvalue weighted by atomic mass is 9.92. The number of hydrazone groups is 1. The number of benzene rings is 1. The van der Waals surface area contributed by atoms with Crippen LogP contribution in [0, 0.1) is 0 Å². The number of carbonyl (C=O) groups excluding carboxylic acids is 1. The molecular formula is C19H27N5O2. The fourth-order valence-electron chi connectivity index (χ4n) is 2.47. The summed E-state index contributed by atoms with van der Waals surface area (Å²) in [6.45, 7) is 11.9. The minimum Gasteiger partial charge on any atom is -0.507 e. The van der Waals surface area contributed by atoms with Crippen molar-refractivity contribution in [1.82, 2.24) is 15.6 Å². The summed E-state index contributed by atoms with van der Waals surface area (Å²) in [5.41, 5.74) is 4.92. The first kappa shape index (κ1) is 19.5. The summed E-state index contributed by atoms with van der Waals surface area (Å²) in [7, 11) is 0. The van der Waals surface area contributed by atoms with E-state index >= 15 is 0 Å². The Morgan fingerprint density at radius 3 is 2.54 bits per heavy atom. The molecule has 1 amide bonds. The van der Waals surface area contributed by atoms with Crippen molar-refractivity contribution in [3.63, 3.8) is 0 Å². The summed E-state index contributed by atoms with van der Waals surface area (Å²) in [5, 5.41) is 20.9. The quantitative estimate of drug-likeness (QED) is 0.547. The molecule has 0 radical (unpaired) electrons. The van der Waals surface area contributed by atoms with Crippen LogP contribution in [0.15, 0.2) is 29.4 Å². The second-order valence-electron chi connectivity index (χ2n) is 7.03. The molecule has 0 atom stereocenters. The van der Waals surface area contributed by atoms with Crippen LogP contribution >= 0.6 is 0 Å². The van der Waals surface area contributed by atoms with E-state index in [1.54, 1.807) is 18.2 Å². The van der Waals surface area contributed by atoms with Crippen molar-refractivity contribution >= 4 is 17.8 Å². The molecule has 140 valence electrons. The maximum absolute atomic E-state index is 12.1. The molecule has 0 spiro atoms. The number of anilines is 1. The van der Waals surface area contributed by atoms with Crippen LogP contribution in [0.1, 0.15) is 56.4 Å². The molecule has 1 aromatic carbocycles. The predicted molar refractivity (Wildman–Crippen MR) is 104 cm³/mol. The normalized spacial score (nSPS) is 11.7. The zero-order valence-corrected chi connectivity index (χ0v) is 16.0. The standard InChI is InChI=1S/C19H27N5O2/c1-6-24(7-2)14-9-8-13(16(25)10-14)12-20-23-18(26)15-11-17(22-21-15)19(3,4)5/h8-12,25H,6-7H2,1-5H3,(H,21,22)(H,23,26). The van der Waals surface area contributed by atoms with Gasteiger partial charge in [0.05, 0.1) is 6.21 Å². The Hall–Kier alpha value is -2.83. The Labute approximate surface area is 154 Å². The molecule has 0 aliphatic rings. The third-order valence-electron chi connectivity index (χ3n) is 4.13. The molecule has 2 aromatic rings. The number of rotatable bonds is 6. The van der Waals surface area contributed by atoms with Crippen LogP contribution in [0.2, 0.25) is 0 Å². The van der Waals surface area contributed by atoms with Gasteiger partial charge >= 0.3 is 0 Å². The summed E-state index contributed by atoms with van der Waals surface area (Å²) in [6, 6.07) is 7.09. The van der Waals surface area contributed by atoms with Gasteiger partial charge in [-0.2, -0.15) is 10.2 Å². The number of aromatic nitrogens is 2. The van der Waals surface area contributed by atoms with Crippen molar-refractivity contribution in [2.24, 2.45) is 5.10 Å². The molecule has 0 fully saturated rings. The van der Waals surface area contributed by atoms with Crippen molar-refractivity contribution in [2.75, 3.05) is 18.0 Å². The van der Waals surface area contributed by atoms with Gasteiger partial charge in [-0.25, -0.2) is 5.43 Å². The van der Waals surface area contributed by atoms with E-state index in [0.717, 1.165) is 24.5 Å². The van der Waals surface area contributed by atoms with Crippen LogP contribution in [0.25, 0.3) is 0 Å². The SMILES string of the molecule is CCN(CC)c1ccc(C=NNC(=O)c2cc(C(C)(C)C)[nH]n2)c(O)c1. The number of carbonyl (C=O) groups is 1. The van der Waals surface area contributed by atoms with Gasteiger partial charge < -0.3 is 10.0 Å². The largest absolute Gasteiger partial charge is 0.507 e. The Kier molecular flexibility index (Phi) is 6.02. The molecule has 0 saturated heterocycles. The molecule has 2 rings (SSSR count). The van der Waals surface area contributed by atoms with Crippen LogP contribution in [0.5, 0.6) is 5.75 Å². The maximum atomic E-state index is 12.1. The molecule has 1 aromatic heterocycles. The molecular weight excluding hydrogens is 330 g/mol. The lowest BCUT2D eigenvalue weighted by Crippen LogP contribution is -2.21. The summed E-state index contributed by atoms with van der Waals surface area (Å²) >= 11 is 0. The Balaban J connectivity index is 2.04. The Bertz CT molecular complexity index is 785. The molecule has 26 heavy (non-hydrogen) atoms. The summed E-state index contributed by atoms with van der Waals surface area (Å²) in [5.74, 6) is -0.297. The van der Waals surface area contributed by atoms with Gasteiger partial charge in [-0.05, 0) is 32.0 Å². The van der Waals surface area contributed by atoms with E-state index in [-0.39, 0.29) is 16.9 Å². The fourth-order valence-corrected chi connectivity index (χ4v) is 2.47. The van der Waals surface area contributed by atoms with E-state index in [1.807, 2.05) is 26.8 Å². The zero-order chi connectivity index (χ0) is 19.3. The number of aromatic amines is 1.